The summed E-state index contributed by atoms with van der Waals surface area (Å²) in [6.07, 6.45) is 2.56. The van der Waals surface area contributed by atoms with E-state index in [-0.39, 0.29) is 18.4 Å². The minimum Gasteiger partial charge on any atom is -0.469 e. The van der Waals surface area contributed by atoms with Crippen molar-refractivity contribution in [3.05, 3.63) is 40.2 Å². The summed E-state index contributed by atoms with van der Waals surface area (Å²) in [7, 11) is 0. The van der Waals surface area contributed by atoms with Crippen LogP contribution in [0.15, 0.2) is 22.8 Å². The third-order valence-electron chi connectivity index (χ3n) is 5.60. The Morgan fingerprint density at radius 3 is 2.88 bits per heavy atom. The molecule has 1 N–H and O–H groups in total. The molecule has 0 aromatic carbocycles. The van der Waals surface area contributed by atoms with Gasteiger partial charge < -0.3 is 24.1 Å². The minimum atomic E-state index is -0.347. The first kappa shape index (κ1) is 22.3. The van der Waals surface area contributed by atoms with Gasteiger partial charge in [-0.25, -0.2) is 4.79 Å². The quantitative estimate of drug-likeness (QED) is 0.679. The molecular weight excluding hydrogens is 432 g/mol. The molecule has 0 radical (unpaired) electrons. The second-order valence-corrected chi connectivity index (χ2v) is 8.79. The number of furan rings is 1. The fraction of sp³-hybridized carbons (Fsp3) is 0.500. The van der Waals surface area contributed by atoms with Crippen LogP contribution in [0, 0.1) is 11.3 Å². The molecular formula is C22H26N4O5S. The van der Waals surface area contributed by atoms with Gasteiger partial charge in [-0.2, -0.15) is 5.26 Å². The Morgan fingerprint density at radius 1 is 1.28 bits per heavy atom. The Kier molecular flexibility index (Phi) is 7.42. The molecule has 2 amide bonds. The predicted octanol–water partition coefficient (Wildman–Crippen LogP) is 2.61. The molecule has 2 aliphatic heterocycles. The number of aryl methyl sites for hydroxylation is 1. The van der Waals surface area contributed by atoms with E-state index in [9.17, 15) is 14.9 Å². The molecule has 170 valence electrons. The molecule has 2 aliphatic rings. The first-order chi connectivity index (χ1) is 15.6. The van der Waals surface area contributed by atoms with Gasteiger partial charge >= 0.3 is 6.09 Å². The van der Waals surface area contributed by atoms with E-state index in [1.165, 1.54) is 11.3 Å². The van der Waals surface area contributed by atoms with Crippen molar-refractivity contribution in [2.45, 2.75) is 25.8 Å². The molecule has 0 bridgehead atoms. The number of nitrogens with one attached hydrogen (secondary N) is 1. The van der Waals surface area contributed by atoms with Crippen molar-refractivity contribution in [1.82, 2.24) is 9.80 Å². The first-order valence-electron chi connectivity index (χ1n) is 10.7. The number of hydrogen-bond donors (Lipinski definition) is 1. The molecule has 0 aliphatic carbocycles. The number of rotatable bonds is 7. The summed E-state index contributed by atoms with van der Waals surface area (Å²) in [6.45, 7) is 5.04. The topological polar surface area (TPSA) is 108 Å². The van der Waals surface area contributed by atoms with Crippen LogP contribution < -0.4 is 5.32 Å². The van der Waals surface area contributed by atoms with E-state index in [0.717, 1.165) is 29.3 Å². The lowest BCUT2D eigenvalue weighted by Gasteiger charge is -2.28. The van der Waals surface area contributed by atoms with Gasteiger partial charge in [0.25, 0.3) is 0 Å². The van der Waals surface area contributed by atoms with Crippen LogP contribution in [0.4, 0.5) is 9.80 Å². The molecule has 4 rings (SSSR count). The van der Waals surface area contributed by atoms with E-state index in [2.05, 4.69) is 16.3 Å². The lowest BCUT2D eigenvalue weighted by Crippen LogP contribution is -2.40. The number of nitriles is 1. The Morgan fingerprint density at radius 2 is 2.12 bits per heavy atom. The standard InChI is InChI=1S/C22H26N4O5S/c23-14-18-17-5-6-26(22(28)31-13-9-25-7-11-29-12-8-25)15-19(17)32-21(18)24-20(27)4-3-16-2-1-10-30-16/h1-2,10H,3-9,11-13,15H2,(H,24,27). The van der Waals surface area contributed by atoms with Gasteiger partial charge in [-0.05, 0) is 24.1 Å². The first-order valence-corrected chi connectivity index (χ1v) is 11.5. The molecule has 0 saturated carbocycles. The molecule has 1 fully saturated rings. The molecule has 10 heteroatoms. The maximum atomic E-state index is 12.5. The lowest BCUT2D eigenvalue weighted by molar-refractivity contribution is -0.116. The second-order valence-electron chi connectivity index (χ2n) is 7.69. The van der Waals surface area contributed by atoms with Crippen molar-refractivity contribution in [2.24, 2.45) is 0 Å². The average Bonchev–Trinajstić information content (AvgIpc) is 3.45. The lowest BCUT2D eigenvalue weighted by atomic mass is 10.0. The van der Waals surface area contributed by atoms with Gasteiger partial charge in [0.2, 0.25) is 5.91 Å². The van der Waals surface area contributed by atoms with Crippen molar-refractivity contribution in [3.63, 3.8) is 0 Å². The van der Waals surface area contributed by atoms with Gasteiger partial charge in [0.05, 0.1) is 31.6 Å². The van der Waals surface area contributed by atoms with Gasteiger partial charge in [-0.3, -0.25) is 9.69 Å². The number of anilines is 1. The van der Waals surface area contributed by atoms with Crippen molar-refractivity contribution in [2.75, 3.05) is 51.3 Å². The number of fused-ring (bicyclic) bond motifs is 1. The molecule has 0 atom stereocenters. The van der Waals surface area contributed by atoms with Crippen molar-refractivity contribution < 1.29 is 23.5 Å². The molecule has 0 spiro atoms. The summed E-state index contributed by atoms with van der Waals surface area (Å²) in [4.78, 5) is 29.6. The van der Waals surface area contributed by atoms with E-state index >= 15 is 0 Å². The largest absolute Gasteiger partial charge is 0.469 e. The zero-order valence-corrected chi connectivity index (χ0v) is 18.6. The monoisotopic (exact) mass is 458 g/mol. The number of thiophene rings is 1. The summed E-state index contributed by atoms with van der Waals surface area (Å²) in [6, 6.07) is 5.83. The molecule has 9 nitrogen and oxygen atoms in total. The summed E-state index contributed by atoms with van der Waals surface area (Å²) >= 11 is 1.36. The van der Waals surface area contributed by atoms with Crippen LogP contribution in [-0.2, 0) is 33.7 Å². The summed E-state index contributed by atoms with van der Waals surface area (Å²) in [5.74, 6) is 0.574. The molecule has 2 aromatic rings. The highest BCUT2D eigenvalue weighted by molar-refractivity contribution is 7.16. The summed E-state index contributed by atoms with van der Waals surface area (Å²) in [5, 5.41) is 13.0. The number of carbonyl (C=O) groups excluding carboxylic acids is 2. The Labute approximate surface area is 190 Å². The zero-order valence-electron chi connectivity index (χ0n) is 17.8. The van der Waals surface area contributed by atoms with E-state index < -0.39 is 0 Å². The van der Waals surface area contributed by atoms with Gasteiger partial charge in [0.15, 0.2) is 0 Å². The fourth-order valence-electron chi connectivity index (χ4n) is 3.82. The highest BCUT2D eigenvalue weighted by Gasteiger charge is 2.28. The van der Waals surface area contributed by atoms with E-state index in [1.54, 1.807) is 17.2 Å². The predicted molar refractivity (Wildman–Crippen MR) is 117 cm³/mol. The van der Waals surface area contributed by atoms with Gasteiger partial charge in [0.1, 0.15) is 23.4 Å². The third kappa shape index (κ3) is 5.48. The van der Waals surface area contributed by atoms with Crippen molar-refractivity contribution >= 4 is 28.3 Å². The normalized spacial score (nSPS) is 16.3. The van der Waals surface area contributed by atoms with Crippen LogP contribution in [0.2, 0.25) is 0 Å². The molecule has 1 saturated heterocycles. The zero-order chi connectivity index (χ0) is 22.3. The summed E-state index contributed by atoms with van der Waals surface area (Å²) in [5.41, 5.74) is 1.41. The molecule has 2 aromatic heterocycles. The van der Waals surface area contributed by atoms with Crippen molar-refractivity contribution in [3.8, 4) is 6.07 Å². The van der Waals surface area contributed by atoms with Gasteiger partial charge in [-0.1, -0.05) is 0 Å². The van der Waals surface area contributed by atoms with Crippen LogP contribution in [0.25, 0.3) is 0 Å². The maximum Gasteiger partial charge on any atom is 0.410 e. The number of nitrogens with zero attached hydrogens (tertiary/aromatic N) is 3. The molecule has 4 heterocycles. The van der Waals surface area contributed by atoms with E-state index in [0.29, 0.717) is 62.9 Å². The number of hydrogen-bond acceptors (Lipinski definition) is 8. The third-order valence-corrected chi connectivity index (χ3v) is 6.73. The van der Waals surface area contributed by atoms with Crippen LogP contribution >= 0.6 is 11.3 Å². The van der Waals surface area contributed by atoms with Crippen molar-refractivity contribution in [1.29, 1.82) is 5.26 Å². The average molecular weight is 459 g/mol. The van der Waals surface area contributed by atoms with Gasteiger partial charge in [0, 0.05) is 43.9 Å². The number of morpholine rings is 1. The Balaban J connectivity index is 1.30. The highest BCUT2D eigenvalue weighted by atomic mass is 32.1. The van der Waals surface area contributed by atoms with Crippen LogP contribution in [0.5, 0.6) is 0 Å². The number of amides is 2. The Bertz CT molecular complexity index is 975. The molecule has 0 unspecified atom stereocenters. The minimum absolute atomic E-state index is 0.170. The van der Waals surface area contributed by atoms with E-state index in [1.807, 2.05) is 6.07 Å². The Hall–Kier alpha value is -2.87. The van der Waals surface area contributed by atoms with Crippen LogP contribution in [0.3, 0.4) is 0 Å². The SMILES string of the molecule is N#Cc1c(NC(=O)CCc2ccco2)sc2c1CCN(C(=O)OCCN1CCOCC1)C2. The number of carbonyl (C=O) groups is 2. The highest BCUT2D eigenvalue weighted by Crippen LogP contribution is 2.36. The van der Waals surface area contributed by atoms with Crippen LogP contribution in [0.1, 0.15) is 28.2 Å². The maximum absolute atomic E-state index is 12.5. The van der Waals surface area contributed by atoms with Gasteiger partial charge in [-0.15, -0.1) is 11.3 Å². The molecule has 32 heavy (non-hydrogen) atoms. The van der Waals surface area contributed by atoms with Crippen LogP contribution in [-0.4, -0.2) is 67.8 Å². The second kappa shape index (κ2) is 10.6. The smallest absolute Gasteiger partial charge is 0.410 e. The fourth-order valence-corrected chi connectivity index (χ4v) is 5.05. The number of ether oxygens (including phenoxy) is 2. The summed E-state index contributed by atoms with van der Waals surface area (Å²) < 4.78 is 16.0. The van der Waals surface area contributed by atoms with E-state index in [4.69, 9.17) is 13.9 Å².